The van der Waals surface area contributed by atoms with Crippen molar-refractivity contribution in [3.8, 4) is 5.75 Å². The molecule has 1 aliphatic carbocycles. The number of halogens is 2. The number of hydrogen-bond donors (Lipinski definition) is 1. The van der Waals surface area contributed by atoms with E-state index in [0.29, 0.717) is 21.5 Å². The second-order valence-electron chi connectivity index (χ2n) is 7.08. The topological polar surface area (TPSA) is 59.4 Å². The van der Waals surface area contributed by atoms with Gasteiger partial charge >= 0.3 is 5.97 Å². The molecule has 0 radical (unpaired) electrons. The molecule has 4 nitrogen and oxygen atoms in total. The molecule has 1 aromatic heterocycles. The summed E-state index contributed by atoms with van der Waals surface area (Å²) in [6.45, 7) is 0.136. The third-order valence-corrected chi connectivity index (χ3v) is 5.58. The van der Waals surface area contributed by atoms with Gasteiger partial charge in [-0.25, -0.2) is 14.2 Å². The Morgan fingerprint density at radius 1 is 1.07 bits per heavy atom. The van der Waals surface area contributed by atoms with Crippen molar-refractivity contribution in [2.45, 2.75) is 25.9 Å². The van der Waals surface area contributed by atoms with Crippen LogP contribution in [-0.4, -0.2) is 16.1 Å². The monoisotopic (exact) mass is 467 g/mol. The van der Waals surface area contributed by atoms with Gasteiger partial charge in [0.25, 0.3) is 0 Å². The zero-order valence-electron chi connectivity index (χ0n) is 16.1. The molecule has 0 amide bonds. The van der Waals surface area contributed by atoms with E-state index in [-0.39, 0.29) is 18.1 Å². The van der Waals surface area contributed by atoms with Crippen LogP contribution in [0.4, 0.5) is 4.39 Å². The Morgan fingerprint density at radius 3 is 2.67 bits per heavy atom. The number of rotatable bonds is 6. The number of allylic oxidation sites excluding steroid dienone is 2. The van der Waals surface area contributed by atoms with Crippen molar-refractivity contribution < 1.29 is 19.0 Å². The van der Waals surface area contributed by atoms with Gasteiger partial charge in [-0.2, -0.15) is 0 Å². The minimum atomic E-state index is -1.03. The van der Waals surface area contributed by atoms with Crippen LogP contribution in [0.1, 0.15) is 46.6 Å². The van der Waals surface area contributed by atoms with E-state index < -0.39 is 5.97 Å². The molecule has 2 aromatic carbocycles. The van der Waals surface area contributed by atoms with Crippen LogP contribution in [0.2, 0.25) is 0 Å². The number of ether oxygens (including phenoxy) is 1. The Balaban J connectivity index is 1.60. The molecule has 0 saturated carbocycles. The van der Waals surface area contributed by atoms with Gasteiger partial charge in [0.2, 0.25) is 0 Å². The first-order valence-corrected chi connectivity index (χ1v) is 10.4. The lowest BCUT2D eigenvalue weighted by Crippen LogP contribution is -2.02. The molecule has 1 aliphatic rings. The number of aromatic carboxylic acids is 1. The second-order valence-corrected chi connectivity index (χ2v) is 7.99. The van der Waals surface area contributed by atoms with Gasteiger partial charge in [0.1, 0.15) is 23.9 Å². The van der Waals surface area contributed by atoms with E-state index in [1.165, 1.54) is 12.1 Å². The molecule has 1 heterocycles. The molecule has 0 unspecified atom stereocenters. The summed E-state index contributed by atoms with van der Waals surface area (Å²) in [5.74, 6) is -0.695. The van der Waals surface area contributed by atoms with Crippen LogP contribution in [0.5, 0.6) is 5.75 Å². The third kappa shape index (κ3) is 4.44. The molecule has 0 bridgehead atoms. The van der Waals surface area contributed by atoms with Crippen LogP contribution in [0.3, 0.4) is 0 Å². The van der Waals surface area contributed by atoms with E-state index in [4.69, 9.17) is 4.74 Å². The fourth-order valence-electron chi connectivity index (χ4n) is 3.64. The lowest BCUT2D eigenvalue weighted by atomic mass is 9.99. The molecular formula is C24H19BrFNO3. The van der Waals surface area contributed by atoms with Gasteiger partial charge in [0, 0.05) is 10.0 Å². The molecule has 30 heavy (non-hydrogen) atoms. The number of aromatic nitrogens is 1. The minimum Gasteiger partial charge on any atom is -0.489 e. The maximum absolute atomic E-state index is 14.0. The maximum Gasteiger partial charge on any atom is 0.354 e. The Hall–Kier alpha value is -2.99. The number of carbonyl (C=O) groups is 1. The second kappa shape index (κ2) is 8.79. The van der Waals surface area contributed by atoms with Crippen LogP contribution in [-0.2, 0) is 6.61 Å². The van der Waals surface area contributed by atoms with Gasteiger partial charge in [0.05, 0.1) is 5.69 Å². The largest absolute Gasteiger partial charge is 0.489 e. The molecule has 0 spiro atoms. The summed E-state index contributed by atoms with van der Waals surface area (Å²) >= 11 is 3.25. The average Bonchev–Trinajstić information content (AvgIpc) is 3.23. The van der Waals surface area contributed by atoms with Crippen molar-refractivity contribution in [1.29, 1.82) is 0 Å². The molecule has 152 valence electrons. The molecule has 4 rings (SSSR count). The summed E-state index contributed by atoms with van der Waals surface area (Å²) in [6, 6.07) is 17.7. The number of benzene rings is 2. The highest BCUT2D eigenvalue weighted by atomic mass is 79.9. The van der Waals surface area contributed by atoms with Crippen molar-refractivity contribution in [2.24, 2.45) is 0 Å². The highest BCUT2D eigenvalue weighted by Gasteiger charge is 2.20. The number of pyridine rings is 1. The normalized spacial score (nSPS) is 13.5. The first-order valence-electron chi connectivity index (χ1n) is 9.61. The Labute approximate surface area is 182 Å². The molecule has 6 heteroatoms. The SMILES string of the molecule is O=C(O)c1cccc(C2=C(c3cccc(OCc4ccc(Br)cc4F)c3)CCC2)n1. The highest BCUT2D eigenvalue weighted by molar-refractivity contribution is 9.10. The third-order valence-electron chi connectivity index (χ3n) is 5.09. The van der Waals surface area contributed by atoms with Crippen LogP contribution in [0.15, 0.2) is 65.1 Å². The van der Waals surface area contributed by atoms with Gasteiger partial charge in [-0.1, -0.05) is 40.2 Å². The smallest absolute Gasteiger partial charge is 0.354 e. The van der Waals surface area contributed by atoms with Gasteiger partial charge in [0.15, 0.2) is 0 Å². The number of carboxylic acid groups (broad SMARTS) is 1. The average molecular weight is 468 g/mol. The number of hydrogen-bond acceptors (Lipinski definition) is 3. The van der Waals surface area contributed by atoms with Gasteiger partial charge < -0.3 is 9.84 Å². The Kier molecular flexibility index (Phi) is 5.95. The lowest BCUT2D eigenvalue weighted by Gasteiger charge is -2.12. The number of carboxylic acids is 1. The van der Waals surface area contributed by atoms with Crippen molar-refractivity contribution >= 4 is 33.0 Å². The standard InChI is InChI=1S/C24H19BrFNO3/c25-17-11-10-16(21(26)13-17)14-30-18-5-1-4-15(12-18)19-6-2-7-20(19)22-8-3-9-23(27-22)24(28)29/h1,3-5,8-13H,2,6-7,14H2,(H,28,29). The molecule has 1 N–H and O–H groups in total. The molecule has 0 aliphatic heterocycles. The summed E-state index contributed by atoms with van der Waals surface area (Å²) in [4.78, 5) is 15.6. The van der Waals surface area contributed by atoms with E-state index in [2.05, 4.69) is 20.9 Å². The Bertz CT molecular complexity index is 1140. The quantitative estimate of drug-likeness (QED) is 0.458. The molecule has 0 atom stereocenters. The predicted octanol–water partition coefficient (Wildman–Crippen LogP) is 6.36. The highest BCUT2D eigenvalue weighted by Crippen LogP contribution is 2.40. The fourth-order valence-corrected chi connectivity index (χ4v) is 3.97. The van der Waals surface area contributed by atoms with Gasteiger partial charge in [-0.15, -0.1) is 0 Å². The van der Waals surface area contributed by atoms with Crippen molar-refractivity contribution in [3.63, 3.8) is 0 Å². The van der Waals surface area contributed by atoms with Crippen LogP contribution in [0.25, 0.3) is 11.1 Å². The molecule has 0 saturated heterocycles. The minimum absolute atomic E-state index is 0.0415. The molecular weight excluding hydrogens is 449 g/mol. The van der Waals surface area contributed by atoms with Crippen LogP contribution >= 0.6 is 15.9 Å². The summed E-state index contributed by atoms with van der Waals surface area (Å²) in [5, 5.41) is 9.23. The van der Waals surface area contributed by atoms with E-state index >= 15 is 0 Å². The first kappa shape index (κ1) is 20.3. The van der Waals surface area contributed by atoms with Gasteiger partial charge in [-0.3, -0.25) is 0 Å². The zero-order valence-corrected chi connectivity index (χ0v) is 17.7. The van der Waals surface area contributed by atoms with Crippen molar-refractivity contribution in [1.82, 2.24) is 4.98 Å². The summed E-state index contributed by atoms with van der Waals surface area (Å²) in [5.41, 5.74) is 4.45. The first-order chi connectivity index (χ1) is 14.5. The zero-order chi connectivity index (χ0) is 21.1. The van der Waals surface area contributed by atoms with E-state index in [1.807, 2.05) is 30.3 Å². The fraction of sp³-hybridized carbons (Fsp3) is 0.167. The van der Waals surface area contributed by atoms with E-state index in [1.54, 1.807) is 18.2 Å². The molecule has 0 fully saturated rings. The van der Waals surface area contributed by atoms with Crippen LogP contribution < -0.4 is 4.74 Å². The summed E-state index contributed by atoms with van der Waals surface area (Å²) in [7, 11) is 0. The van der Waals surface area contributed by atoms with E-state index in [9.17, 15) is 14.3 Å². The van der Waals surface area contributed by atoms with Crippen molar-refractivity contribution in [3.05, 3.63) is 93.5 Å². The van der Waals surface area contributed by atoms with Crippen LogP contribution in [0, 0.1) is 5.82 Å². The van der Waals surface area contributed by atoms with Gasteiger partial charge in [-0.05, 0) is 72.4 Å². The summed E-state index contributed by atoms with van der Waals surface area (Å²) in [6.07, 6.45) is 2.72. The van der Waals surface area contributed by atoms with Crippen molar-refractivity contribution in [2.75, 3.05) is 0 Å². The summed E-state index contributed by atoms with van der Waals surface area (Å²) < 4.78 is 20.6. The molecule has 3 aromatic rings. The maximum atomic E-state index is 14.0. The lowest BCUT2D eigenvalue weighted by molar-refractivity contribution is 0.0690. The predicted molar refractivity (Wildman–Crippen MR) is 117 cm³/mol. The van der Waals surface area contributed by atoms with E-state index in [0.717, 1.165) is 36.0 Å². The number of nitrogens with zero attached hydrogens (tertiary/aromatic N) is 1. The Morgan fingerprint density at radius 2 is 1.87 bits per heavy atom.